The largest absolute Gasteiger partial charge is 0.490 e. The minimum atomic E-state index is 0.421. The van der Waals surface area contributed by atoms with Gasteiger partial charge < -0.3 is 14.7 Å². The lowest BCUT2D eigenvalue weighted by molar-refractivity contribution is 0.217. The monoisotopic (exact) mass is 271 g/mol. The second-order valence-corrected chi connectivity index (χ2v) is 4.29. The Morgan fingerprint density at radius 2 is 1.70 bits per heavy atom. The van der Waals surface area contributed by atoms with Gasteiger partial charge in [-0.05, 0) is 31.2 Å². The first-order valence-electron chi connectivity index (χ1n) is 6.38. The van der Waals surface area contributed by atoms with E-state index in [4.69, 9.17) is 14.7 Å². The summed E-state index contributed by atoms with van der Waals surface area (Å²) in [6.07, 6.45) is 1.34. The maximum absolute atomic E-state index is 8.58. The molecule has 20 heavy (non-hydrogen) atoms. The lowest BCUT2D eigenvalue weighted by Crippen LogP contribution is -2.09. The molecule has 4 heteroatoms. The van der Waals surface area contributed by atoms with Crippen molar-refractivity contribution in [1.29, 1.82) is 0 Å². The number of hydrogen-bond donors (Lipinski definition) is 1. The first kappa shape index (κ1) is 13.9. The summed E-state index contributed by atoms with van der Waals surface area (Å²) in [5, 5.41) is 11.6. The Morgan fingerprint density at radius 3 is 2.45 bits per heavy atom. The van der Waals surface area contributed by atoms with Gasteiger partial charge in [-0.25, -0.2) is 0 Å². The van der Waals surface area contributed by atoms with Crippen LogP contribution in [0.2, 0.25) is 0 Å². The van der Waals surface area contributed by atoms with Gasteiger partial charge in [0.15, 0.2) is 0 Å². The van der Waals surface area contributed by atoms with E-state index in [2.05, 4.69) is 5.16 Å². The van der Waals surface area contributed by atoms with Gasteiger partial charge in [0.05, 0.1) is 6.21 Å². The zero-order chi connectivity index (χ0) is 14.2. The predicted octanol–water partition coefficient (Wildman–Crippen LogP) is 3.26. The molecule has 0 aliphatic rings. The Morgan fingerprint density at radius 1 is 1.00 bits per heavy atom. The first-order valence-corrected chi connectivity index (χ1v) is 6.38. The van der Waals surface area contributed by atoms with Crippen molar-refractivity contribution >= 4 is 6.21 Å². The van der Waals surface area contributed by atoms with Crippen molar-refractivity contribution in [1.82, 2.24) is 0 Å². The van der Waals surface area contributed by atoms with Crippen LogP contribution in [-0.2, 0) is 0 Å². The van der Waals surface area contributed by atoms with Crippen LogP contribution in [0, 0.1) is 6.92 Å². The van der Waals surface area contributed by atoms with Crippen molar-refractivity contribution in [3.8, 4) is 11.5 Å². The third-order valence-corrected chi connectivity index (χ3v) is 2.75. The molecule has 2 aromatic carbocycles. The molecule has 0 atom stereocenters. The highest BCUT2D eigenvalue weighted by molar-refractivity contribution is 5.82. The van der Waals surface area contributed by atoms with Gasteiger partial charge in [0.25, 0.3) is 0 Å². The van der Waals surface area contributed by atoms with Gasteiger partial charge in [-0.3, -0.25) is 0 Å². The molecular formula is C16H17NO3. The van der Waals surface area contributed by atoms with E-state index in [0.717, 1.165) is 11.3 Å². The van der Waals surface area contributed by atoms with Crippen LogP contribution in [0.5, 0.6) is 11.5 Å². The third kappa shape index (κ3) is 4.02. The number of ether oxygens (including phenoxy) is 2. The van der Waals surface area contributed by atoms with Crippen LogP contribution in [0.4, 0.5) is 0 Å². The Balaban J connectivity index is 1.83. The van der Waals surface area contributed by atoms with Gasteiger partial charge in [0, 0.05) is 5.56 Å². The summed E-state index contributed by atoms with van der Waals surface area (Å²) in [6.45, 7) is 2.91. The molecule has 0 radical (unpaired) electrons. The maximum atomic E-state index is 8.58. The molecule has 0 fully saturated rings. The normalized spacial score (nSPS) is 10.7. The summed E-state index contributed by atoms with van der Waals surface area (Å²) in [7, 11) is 0. The van der Waals surface area contributed by atoms with Gasteiger partial charge >= 0.3 is 0 Å². The van der Waals surface area contributed by atoms with E-state index >= 15 is 0 Å². The molecule has 0 heterocycles. The Labute approximate surface area is 118 Å². The van der Waals surface area contributed by atoms with Gasteiger partial charge in [-0.2, -0.15) is 0 Å². The number of para-hydroxylation sites is 1. The molecule has 0 amide bonds. The highest BCUT2D eigenvalue weighted by Gasteiger charge is 2.00. The standard InChI is InChI=1S/C16H17NO3/c1-13-6-8-15(9-7-13)19-10-11-20-16-5-3-2-4-14(16)12-17-18/h2-9,12,18H,10-11H2,1H3. The molecule has 0 unspecified atom stereocenters. The van der Waals surface area contributed by atoms with Crippen molar-refractivity contribution in [2.75, 3.05) is 13.2 Å². The molecule has 0 saturated carbocycles. The van der Waals surface area contributed by atoms with Crippen LogP contribution in [-0.4, -0.2) is 24.6 Å². The fourth-order valence-corrected chi connectivity index (χ4v) is 1.73. The number of rotatable bonds is 6. The van der Waals surface area contributed by atoms with E-state index in [1.807, 2.05) is 55.5 Å². The molecule has 2 rings (SSSR count). The summed E-state index contributed by atoms with van der Waals surface area (Å²) in [5.41, 5.74) is 1.93. The summed E-state index contributed by atoms with van der Waals surface area (Å²) < 4.78 is 11.2. The average molecular weight is 271 g/mol. The van der Waals surface area contributed by atoms with Crippen LogP contribution in [0.3, 0.4) is 0 Å². The average Bonchev–Trinajstić information content (AvgIpc) is 2.47. The number of oxime groups is 1. The SMILES string of the molecule is Cc1ccc(OCCOc2ccccc2C=NO)cc1. The molecular weight excluding hydrogens is 254 g/mol. The van der Waals surface area contributed by atoms with E-state index in [-0.39, 0.29) is 0 Å². The summed E-state index contributed by atoms with van der Waals surface area (Å²) >= 11 is 0. The molecule has 0 aliphatic heterocycles. The first-order chi connectivity index (χ1) is 9.79. The zero-order valence-corrected chi connectivity index (χ0v) is 11.3. The second-order valence-electron chi connectivity index (χ2n) is 4.29. The third-order valence-electron chi connectivity index (χ3n) is 2.75. The Kier molecular flexibility index (Phi) is 5.00. The second kappa shape index (κ2) is 7.19. The molecule has 0 aromatic heterocycles. The van der Waals surface area contributed by atoms with E-state index in [1.54, 1.807) is 0 Å². The fraction of sp³-hybridized carbons (Fsp3) is 0.188. The number of hydrogen-bond acceptors (Lipinski definition) is 4. The summed E-state index contributed by atoms with van der Waals surface area (Å²) in [5.74, 6) is 1.49. The van der Waals surface area contributed by atoms with Crippen LogP contribution < -0.4 is 9.47 Å². The topological polar surface area (TPSA) is 51.0 Å². The van der Waals surface area contributed by atoms with Crippen molar-refractivity contribution in [3.05, 3.63) is 59.7 Å². The smallest absolute Gasteiger partial charge is 0.128 e. The quantitative estimate of drug-likeness (QED) is 0.380. The van der Waals surface area contributed by atoms with E-state index in [9.17, 15) is 0 Å². The molecule has 0 bridgehead atoms. The van der Waals surface area contributed by atoms with E-state index < -0.39 is 0 Å². The van der Waals surface area contributed by atoms with Crippen molar-refractivity contribution in [3.63, 3.8) is 0 Å². The molecule has 2 aromatic rings. The number of nitrogens with zero attached hydrogens (tertiary/aromatic N) is 1. The number of benzene rings is 2. The Bertz CT molecular complexity index is 564. The van der Waals surface area contributed by atoms with Gasteiger partial charge in [0.2, 0.25) is 0 Å². The van der Waals surface area contributed by atoms with Crippen molar-refractivity contribution in [2.24, 2.45) is 5.16 Å². The van der Waals surface area contributed by atoms with E-state index in [1.165, 1.54) is 11.8 Å². The lowest BCUT2D eigenvalue weighted by Gasteiger charge is -2.10. The van der Waals surface area contributed by atoms with Gasteiger partial charge in [-0.1, -0.05) is 35.0 Å². The maximum Gasteiger partial charge on any atom is 0.128 e. The fourth-order valence-electron chi connectivity index (χ4n) is 1.73. The predicted molar refractivity (Wildman–Crippen MR) is 78.0 cm³/mol. The molecule has 1 N–H and O–H groups in total. The molecule has 104 valence electrons. The summed E-state index contributed by atoms with van der Waals surface area (Å²) in [6, 6.07) is 15.2. The van der Waals surface area contributed by atoms with Gasteiger partial charge in [-0.15, -0.1) is 0 Å². The van der Waals surface area contributed by atoms with Crippen molar-refractivity contribution in [2.45, 2.75) is 6.92 Å². The van der Waals surface area contributed by atoms with Crippen LogP contribution in [0.25, 0.3) is 0 Å². The summed E-state index contributed by atoms with van der Waals surface area (Å²) in [4.78, 5) is 0. The van der Waals surface area contributed by atoms with Crippen LogP contribution in [0.1, 0.15) is 11.1 Å². The van der Waals surface area contributed by atoms with Crippen LogP contribution >= 0.6 is 0 Å². The van der Waals surface area contributed by atoms with Gasteiger partial charge in [0.1, 0.15) is 24.7 Å². The van der Waals surface area contributed by atoms with Crippen LogP contribution in [0.15, 0.2) is 53.7 Å². The van der Waals surface area contributed by atoms with Crippen molar-refractivity contribution < 1.29 is 14.7 Å². The highest BCUT2D eigenvalue weighted by Crippen LogP contribution is 2.16. The van der Waals surface area contributed by atoms with E-state index in [0.29, 0.717) is 19.0 Å². The Hall–Kier alpha value is -2.49. The minimum absolute atomic E-state index is 0.421. The molecule has 0 spiro atoms. The lowest BCUT2D eigenvalue weighted by atomic mass is 10.2. The molecule has 0 saturated heterocycles. The zero-order valence-electron chi connectivity index (χ0n) is 11.3. The number of aryl methyl sites for hydroxylation is 1. The highest BCUT2D eigenvalue weighted by atomic mass is 16.5. The molecule has 4 nitrogen and oxygen atoms in total. The molecule has 0 aliphatic carbocycles. The minimum Gasteiger partial charge on any atom is -0.490 e.